The molecule has 0 saturated carbocycles. The molecule has 1 heterocycles. The summed E-state index contributed by atoms with van der Waals surface area (Å²) in [4.78, 5) is 14.8. The maximum Gasteiger partial charge on any atom is 0.407 e. The van der Waals surface area contributed by atoms with E-state index >= 15 is 0 Å². The molecule has 1 fully saturated rings. The van der Waals surface area contributed by atoms with Crippen LogP contribution in [0.5, 0.6) is 5.75 Å². The van der Waals surface area contributed by atoms with Gasteiger partial charge >= 0.3 is 6.09 Å². The SMILES string of the molecule is C[C@@H]1CN(c2ccc(OCc3ccccc3)cc2)CCN1C(=O)O. The first kappa shape index (κ1) is 16.2. The summed E-state index contributed by atoms with van der Waals surface area (Å²) in [5.74, 6) is 0.833. The summed E-state index contributed by atoms with van der Waals surface area (Å²) in [5, 5.41) is 9.15. The van der Waals surface area contributed by atoms with Gasteiger partial charge in [0, 0.05) is 31.4 Å². The van der Waals surface area contributed by atoms with Gasteiger partial charge < -0.3 is 19.6 Å². The lowest BCUT2D eigenvalue weighted by Gasteiger charge is -2.39. The summed E-state index contributed by atoms with van der Waals surface area (Å²) in [6.45, 7) is 4.44. The lowest BCUT2D eigenvalue weighted by Crippen LogP contribution is -2.53. The molecule has 1 saturated heterocycles. The molecule has 24 heavy (non-hydrogen) atoms. The molecule has 0 aliphatic carbocycles. The zero-order valence-electron chi connectivity index (χ0n) is 13.8. The number of rotatable bonds is 4. The van der Waals surface area contributed by atoms with Crippen molar-refractivity contribution < 1.29 is 14.6 Å². The number of piperazine rings is 1. The second kappa shape index (κ2) is 7.25. The average molecular weight is 326 g/mol. The fourth-order valence-electron chi connectivity index (χ4n) is 2.97. The first-order valence-corrected chi connectivity index (χ1v) is 8.15. The van der Waals surface area contributed by atoms with Gasteiger partial charge in [-0.25, -0.2) is 4.79 Å². The van der Waals surface area contributed by atoms with Crippen molar-refractivity contribution in [1.29, 1.82) is 0 Å². The number of benzene rings is 2. The molecule has 5 nitrogen and oxygen atoms in total. The van der Waals surface area contributed by atoms with Gasteiger partial charge in [-0.15, -0.1) is 0 Å². The summed E-state index contributed by atoms with van der Waals surface area (Å²) in [5.41, 5.74) is 2.24. The Bertz CT molecular complexity index is 673. The summed E-state index contributed by atoms with van der Waals surface area (Å²) in [7, 11) is 0. The zero-order chi connectivity index (χ0) is 16.9. The minimum Gasteiger partial charge on any atom is -0.489 e. The van der Waals surface area contributed by atoms with E-state index in [2.05, 4.69) is 4.90 Å². The molecular formula is C19H22N2O3. The number of carboxylic acid groups (broad SMARTS) is 1. The molecular weight excluding hydrogens is 304 g/mol. The molecule has 1 aliphatic heterocycles. The van der Waals surface area contributed by atoms with E-state index in [0.29, 0.717) is 26.2 Å². The first-order valence-electron chi connectivity index (χ1n) is 8.15. The second-order valence-electron chi connectivity index (χ2n) is 6.04. The second-order valence-corrected chi connectivity index (χ2v) is 6.04. The van der Waals surface area contributed by atoms with Crippen molar-refractivity contribution in [1.82, 2.24) is 4.90 Å². The number of carbonyl (C=O) groups is 1. The van der Waals surface area contributed by atoms with Crippen molar-refractivity contribution in [3.63, 3.8) is 0 Å². The molecule has 5 heteroatoms. The van der Waals surface area contributed by atoms with Gasteiger partial charge in [0.1, 0.15) is 12.4 Å². The number of ether oxygens (including phenoxy) is 1. The van der Waals surface area contributed by atoms with E-state index in [1.54, 1.807) is 0 Å². The van der Waals surface area contributed by atoms with E-state index in [-0.39, 0.29) is 6.04 Å². The Balaban J connectivity index is 1.58. The van der Waals surface area contributed by atoms with Crippen molar-refractivity contribution in [3.05, 3.63) is 60.2 Å². The van der Waals surface area contributed by atoms with Crippen molar-refractivity contribution in [2.75, 3.05) is 24.5 Å². The zero-order valence-corrected chi connectivity index (χ0v) is 13.8. The van der Waals surface area contributed by atoms with Crippen molar-refractivity contribution >= 4 is 11.8 Å². The van der Waals surface area contributed by atoms with E-state index in [4.69, 9.17) is 9.84 Å². The van der Waals surface area contributed by atoms with Crippen LogP contribution in [-0.2, 0) is 6.61 Å². The summed E-state index contributed by atoms with van der Waals surface area (Å²) in [6.07, 6.45) is -0.841. The molecule has 0 aromatic heterocycles. The molecule has 0 spiro atoms. The Morgan fingerprint density at radius 2 is 1.83 bits per heavy atom. The molecule has 126 valence electrons. The Morgan fingerprint density at radius 3 is 2.46 bits per heavy atom. The van der Waals surface area contributed by atoms with Crippen molar-refractivity contribution in [3.8, 4) is 5.75 Å². The van der Waals surface area contributed by atoms with Crippen molar-refractivity contribution in [2.24, 2.45) is 0 Å². The van der Waals surface area contributed by atoms with Gasteiger partial charge in [-0.05, 0) is 36.8 Å². The number of anilines is 1. The van der Waals surface area contributed by atoms with E-state index in [1.165, 1.54) is 4.90 Å². The predicted octanol–water partition coefficient (Wildman–Crippen LogP) is 3.45. The molecule has 1 atom stereocenters. The number of hydrogen-bond acceptors (Lipinski definition) is 3. The van der Waals surface area contributed by atoms with Gasteiger partial charge in [0.2, 0.25) is 0 Å². The minimum absolute atomic E-state index is 0.00902. The topological polar surface area (TPSA) is 53.0 Å². The predicted molar refractivity (Wildman–Crippen MR) is 93.6 cm³/mol. The van der Waals surface area contributed by atoms with Crippen LogP contribution in [0.15, 0.2) is 54.6 Å². The maximum absolute atomic E-state index is 11.1. The highest BCUT2D eigenvalue weighted by Gasteiger charge is 2.27. The molecule has 0 bridgehead atoms. The quantitative estimate of drug-likeness (QED) is 0.935. The molecule has 1 aliphatic rings. The van der Waals surface area contributed by atoms with Crippen LogP contribution in [0.2, 0.25) is 0 Å². The van der Waals surface area contributed by atoms with E-state index in [0.717, 1.165) is 17.0 Å². The fraction of sp³-hybridized carbons (Fsp3) is 0.316. The summed E-state index contributed by atoms with van der Waals surface area (Å²) >= 11 is 0. The third-order valence-electron chi connectivity index (χ3n) is 4.32. The van der Waals surface area contributed by atoms with Crippen LogP contribution in [0.1, 0.15) is 12.5 Å². The van der Waals surface area contributed by atoms with Crippen LogP contribution in [0.4, 0.5) is 10.5 Å². The largest absolute Gasteiger partial charge is 0.489 e. The minimum atomic E-state index is -0.841. The Labute approximate surface area is 142 Å². The van der Waals surface area contributed by atoms with Gasteiger partial charge in [0.25, 0.3) is 0 Å². The molecule has 1 amide bonds. The van der Waals surface area contributed by atoms with Crippen molar-refractivity contribution in [2.45, 2.75) is 19.6 Å². The first-order chi connectivity index (χ1) is 11.6. The fourth-order valence-corrected chi connectivity index (χ4v) is 2.97. The molecule has 2 aromatic carbocycles. The number of amides is 1. The standard InChI is InChI=1S/C19H22N2O3/c1-15-13-20(11-12-21(15)19(22)23)17-7-9-18(10-8-17)24-14-16-5-3-2-4-6-16/h2-10,15H,11-14H2,1H3,(H,22,23)/t15-/m1/s1. The number of hydrogen-bond donors (Lipinski definition) is 1. The van der Waals surface area contributed by atoms with E-state index in [9.17, 15) is 4.79 Å². The lowest BCUT2D eigenvalue weighted by molar-refractivity contribution is 0.122. The number of nitrogens with zero attached hydrogens (tertiary/aromatic N) is 2. The summed E-state index contributed by atoms with van der Waals surface area (Å²) < 4.78 is 5.80. The van der Waals surface area contributed by atoms with Crippen LogP contribution in [-0.4, -0.2) is 41.8 Å². The monoisotopic (exact) mass is 326 g/mol. The molecule has 1 N–H and O–H groups in total. The maximum atomic E-state index is 11.1. The van der Waals surface area contributed by atoms with Gasteiger partial charge in [0.05, 0.1) is 0 Å². The molecule has 0 radical (unpaired) electrons. The highest BCUT2D eigenvalue weighted by atomic mass is 16.5. The third-order valence-corrected chi connectivity index (χ3v) is 4.32. The highest BCUT2D eigenvalue weighted by molar-refractivity contribution is 5.66. The average Bonchev–Trinajstić information content (AvgIpc) is 2.61. The Kier molecular flexibility index (Phi) is 4.89. The van der Waals surface area contributed by atoms with Gasteiger partial charge in [-0.2, -0.15) is 0 Å². The summed E-state index contributed by atoms with van der Waals surface area (Å²) in [6, 6.07) is 18.1. The third kappa shape index (κ3) is 3.79. The van der Waals surface area contributed by atoms with Gasteiger partial charge in [-0.1, -0.05) is 30.3 Å². The van der Waals surface area contributed by atoms with E-state index < -0.39 is 6.09 Å². The lowest BCUT2D eigenvalue weighted by atomic mass is 10.1. The van der Waals surface area contributed by atoms with Gasteiger partial charge in [-0.3, -0.25) is 0 Å². The van der Waals surface area contributed by atoms with Crippen LogP contribution in [0.25, 0.3) is 0 Å². The van der Waals surface area contributed by atoms with E-state index in [1.807, 2.05) is 61.5 Å². The Morgan fingerprint density at radius 1 is 1.12 bits per heavy atom. The molecule has 0 unspecified atom stereocenters. The van der Waals surface area contributed by atoms with Crippen LogP contribution in [0.3, 0.4) is 0 Å². The van der Waals surface area contributed by atoms with Crippen LogP contribution in [0, 0.1) is 0 Å². The van der Waals surface area contributed by atoms with Gasteiger partial charge in [0.15, 0.2) is 0 Å². The highest BCUT2D eigenvalue weighted by Crippen LogP contribution is 2.23. The molecule has 3 rings (SSSR count). The van der Waals surface area contributed by atoms with Crippen LogP contribution >= 0.6 is 0 Å². The van der Waals surface area contributed by atoms with Crippen LogP contribution < -0.4 is 9.64 Å². The smallest absolute Gasteiger partial charge is 0.407 e. The Hall–Kier alpha value is -2.69. The normalized spacial score (nSPS) is 17.6. The molecule has 2 aromatic rings.